The molecule has 2 heterocycles. The molecule has 7 heteroatoms. The number of benzene rings is 1. The van der Waals surface area contributed by atoms with E-state index in [4.69, 9.17) is 16.3 Å². The lowest BCUT2D eigenvalue weighted by molar-refractivity contribution is -0.213. The summed E-state index contributed by atoms with van der Waals surface area (Å²) in [5.41, 5.74) is -0.392. The highest BCUT2D eigenvalue weighted by Crippen LogP contribution is 2.66. The summed E-state index contributed by atoms with van der Waals surface area (Å²) in [5, 5.41) is 18.5. The number of Topliss-reactive ketones (excluding diaryl/α,β-unsaturated/α-hetero) is 1. The van der Waals surface area contributed by atoms with Crippen LogP contribution in [0.4, 0.5) is 0 Å². The molecule has 3 N–H and O–H groups in total. The van der Waals surface area contributed by atoms with Crippen molar-refractivity contribution in [2.75, 3.05) is 7.05 Å². The van der Waals surface area contributed by atoms with Crippen LogP contribution in [0.2, 0.25) is 0 Å². The Bertz CT molecular complexity index is 1270. The number of amides is 1. The van der Waals surface area contributed by atoms with Crippen molar-refractivity contribution >= 4 is 23.3 Å². The molecule has 6 nitrogen and oxygen atoms in total. The van der Waals surface area contributed by atoms with E-state index in [0.29, 0.717) is 40.7 Å². The van der Waals surface area contributed by atoms with E-state index in [1.54, 1.807) is 12.2 Å². The molecule has 1 aromatic rings. The molecule has 7 atom stereocenters. The zero-order valence-corrected chi connectivity index (χ0v) is 23.0. The lowest BCUT2D eigenvalue weighted by atomic mass is 9.43. The van der Waals surface area contributed by atoms with Crippen LogP contribution in [0, 0.1) is 22.7 Å². The number of hydrogen-bond donors (Lipinski definition) is 3. The van der Waals surface area contributed by atoms with Gasteiger partial charge in [-0.3, -0.25) is 9.59 Å². The molecule has 0 saturated heterocycles. The number of allylic oxidation sites excluding steroid dienone is 2. The molecule has 2 fully saturated rings. The van der Waals surface area contributed by atoms with Crippen molar-refractivity contribution in [1.29, 1.82) is 0 Å². The van der Waals surface area contributed by atoms with Crippen LogP contribution in [0.5, 0.6) is 5.75 Å². The smallest absolute Gasteiger partial charge is 0.252 e. The van der Waals surface area contributed by atoms with Crippen LogP contribution in [0.15, 0.2) is 35.4 Å². The van der Waals surface area contributed by atoms with Crippen LogP contribution in [-0.4, -0.2) is 41.1 Å². The normalized spacial score (nSPS) is 41.5. The highest BCUT2D eigenvalue weighted by molar-refractivity contribution is 6.31. The molecule has 1 unspecified atom stereocenters. The number of aliphatic hydroxyl groups is 1. The van der Waals surface area contributed by atoms with Crippen molar-refractivity contribution in [3.63, 3.8) is 0 Å². The molecule has 3 aliphatic carbocycles. The number of carbonyl (C=O) groups is 2. The van der Waals surface area contributed by atoms with Gasteiger partial charge >= 0.3 is 0 Å². The van der Waals surface area contributed by atoms with Crippen molar-refractivity contribution in [1.82, 2.24) is 10.6 Å². The first-order chi connectivity index (χ1) is 17.4. The highest BCUT2D eigenvalue weighted by Gasteiger charge is 2.69. The average Bonchev–Trinajstić information content (AvgIpc) is 3.19. The molecular weight excluding hydrogens is 488 g/mol. The summed E-state index contributed by atoms with van der Waals surface area (Å²) >= 11 is 6.31. The highest BCUT2D eigenvalue weighted by atomic mass is 35.5. The lowest BCUT2D eigenvalue weighted by Crippen LogP contribution is -2.73. The number of halogens is 1. The second-order valence-electron chi connectivity index (χ2n) is 12.8. The molecule has 1 spiro atoms. The van der Waals surface area contributed by atoms with Gasteiger partial charge in [-0.25, -0.2) is 0 Å². The predicted molar refractivity (Wildman–Crippen MR) is 143 cm³/mol. The van der Waals surface area contributed by atoms with Gasteiger partial charge < -0.3 is 20.5 Å². The van der Waals surface area contributed by atoms with Crippen molar-refractivity contribution in [2.24, 2.45) is 22.7 Å². The van der Waals surface area contributed by atoms with E-state index in [1.165, 1.54) is 0 Å². The van der Waals surface area contributed by atoms with E-state index in [9.17, 15) is 14.7 Å². The third-order valence-corrected chi connectivity index (χ3v) is 11.0. The van der Waals surface area contributed by atoms with Gasteiger partial charge in [-0.2, -0.15) is 0 Å². The fourth-order valence-electron chi connectivity index (χ4n) is 8.44. The molecular formula is C30H37ClN2O4. The van der Waals surface area contributed by atoms with E-state index in [0.717, 1.165) is 24.8 Å². The molecule has 6 rings (SSSR count). The number of likely N-dealkylation sites (N-methyl/N-ethyl adjacent to an activating group) is 1. The lowest BCUT2D eigenvalue weighted by Gasteiger charge is -2.66. The fourth-order valence-corrected chi connectivity index (χ4v) is 8.71. The van der Waals surface area contributed by atoms with Crippen molar-refractivity contribution in [3.8, 4) is 5.75 Å². The number of ether oxygens (including phenoxy) is 1. The number of fused-ring (bicyclic) bond motifs is 3. The maximum Gasteiger partial charge on any atom is 0.252 e. The molecule has 0 aromatic heterocycles. The van der Waals surface area contributed by atoms with Crippen LogP contribution in [-0.2, 0) is 11.2 Å². The van der Waals surface area contributed by atoms with Crippen molar-refractivity contribution in [3.05, 3.63) is 52.1 Å². The summed E-state index contributed by atoms with van der Waals surface area (Å²) in [6.45, 7) is 8.80. The van der Waals surface area contributed by atoms with Gasteiger partial charge in [-0.15, -0.1) is 0 Å². The maximum atomic E-state index is 13.6. The summed E-state index contributed by atoms with van der Waals surface area (Å²) in [6.07, 6.45) is 8.92. The Morgan fingerprint density at radius 3 is 2.65 bits per heavy atom. The molecule has 37 heavy (non-hydrogen) atoms. The third-order valence-electron chi connectivity index (χ3n) is 10.7. The number of hydrogen-bond acceptors (Lipinski definition) is 5. The summed E-state index contributed by atoms with van der Waals surface area (Å²) in [4.78, 5) is 26.7. The van der Waals surface area contributed by atoms with Crippen LogP contribution in [0.1, 0.15) is 80.9 Å². The standard InChI is InChI=1S/C30H37ClN2O4/c1-16-8-11-21-27(2,3)25(34)20(32-5)15-30(21)28(16,4)13-17-9-10-19-22(23(17)37-30)24(33-26(19)35)29(36)12-6-7-18(31)14-29/h6-7,9-10,14,16,20-21,24,32,36H,8,11-13,15H2,1-5H3,(H,33,35)/t16-,20+,21-,24+,28+,29?,30-/m0/s1. The Labute approximate surface area is 223 Å². The van der Waals surface area contributed by atoms with Gasteiger partial charge in [0, 0.05) is 45.7 Å². The maximum absolute atomic E-state index is 13.6. The first kappa shape index (κ1) is 25.1. The van der Waals surface area contributed by atoms with Crippen LogP contribution in [0.3, 0.4) is 0 Å². The number of rotatable bonds is 2. The van der Waals surface area contributed by atoms with Gasteiger partial charge in [0.25, 0.3) is 5.91 Å². The quantitative estimate of drug-likeness (QED) is 0.526. The summed E-state index contributed by atoms with van der Waals surface area (Å²) in [6, 6.07) is 2.91. The monoisotopic (exact) mass is 524 g/mol. The van der Waals surface area contributed by atoms with E-state index in [1.807, 2.05) is 25.3 Å². The minimum atomic E-state index is -1.36. The molecule has 2 saturated carbocycles. The van der Waals surface area contributed by atoms with E-state index >= 15 is 0 Å². The largest absolute Gasteiger partial charge is 0.486 e. The van der Waals surface area contributed by atoms with Gasteiger partial charge in [-0.05, 0) is 56.0 Å². The first-order valence-corrected chi connectivity index (χ1v) is 13.9. The third kappa shape index (κ3) is 3.18. The Hall–Kier alpha value is -2.15. The SMILES string of the molecule is CN[C@@H]1C[C@@]23Oc4c(ccc5c4[C@H](C4(O)C=C(Cl)C=CC4)NC5=O)C[C@]2(C)[C@@H](C)CC[C@H]3C(C)(C)C1=O. The molecule has 0 bridgehead atoms. The average molecular weight is 525 g/mol. The molecule has 1 aromatic carbocycles. The summed E-state index contributed by atoms with van der Waals surface area (Å²) in [7, 11) is 1.86. The fraction of sp³-hybridized carbons (Fsp3) is 0.600. The zero-order chi connectivity index (χ0) is 26.5. The van der Waals surface area contributed by atoms with Gasteiger partial charge in [0.05, 0.1) is 12.1 Å². The summed E-state index contributed by atoms with van der Waals surface area (Å²) < 4.78 is 7.33. The topological polar surface area (TPSA) is 87.7 Å². The minimum Gasteiger partial charge on any atom is -0.486 e. The predicted octanol–water partition coefficient (Wildman–Crippen LogP) is 4.60. The molecule has 1 amide bonds. The van der Waals surface area contributed by atoms with E-state index in [2.05, 4.69) is 38.3 Å². The number of carbonyl (C=O) groups excluding carboxylic acids is 2. The zero-order valence-electron chi connectivity index (χ0n) is 22.3. The Morgan fingerprint density at radius 1 is 1.19 bits per heavy atom. The van der Waals surface area contributed by atoms with Crippen LogP contribution < -0.4 is 15.4 Å². The van der Waals surface area contributed by atoms with Gasteiger partial charge in [0.1, 0.15) is 17.0 Å². The number of ketones is 1. The van der Waals surface area contributed by atoms with Gasteiger partial charge in [0.15, 0.2) is 5.78 Å². The Morgan fingerprint density at radius 2 is 1.95 bits per heavy atom. The molecule has 0 radical (unpaired) electrons. The Kier molecular flexibility index (Phi) is 5.39. The van der Waals surface area contributed by atoms with Gasteiger partial charge in [0.2, 0.25) is 0 Å². The van der Waals surface area contributed by atoms with Gasteiger partial charge in [-0.1, -0.05) is 51.4 Å². The first-order valence-electron chi connectivity index (χ1n) is 13.5. The molecule has 198 valence electrons. The second kappa shape index (κ2) is 7.93. The van der Waals surface area contributed by atoms with Crippen LogP contribution in [0.25, 0.3) is 0 Å². The number of nitrogens with one attached hydrogen (secondary N) is 2. The van der Waals surface area contributed by atoms with E-state index < -0.39 is 22.7 Å². The van der Waals surface area contributed by atoms with Crippen LogP contribution >= 0.6 is 11.6 Å². The molecule has 5 aliphatic rings. The van der Waals surface area contributed by atoms with E-state index in [-0.39, 0.29) is 29.1 Å². The van der Waals surface area contributed by atoms with Crippen molar-refractivity contribution < 1.29 is 19.4 Å². The Balaban J connectivity index is 1.56. The summed E-state index contributed by atoms with van der Waals surface area (Å²) in [5.74, 6) is 1.17. The molecule has 2 aliphatic heterocycles. The minimum absolute atomic E-state index is 0.0425. The van der Waals surface area contributed by atoms with Crippen molar-refractivity contribution in [2.45, 2.75) is 83.1 Å². The second-order valence-corrected chi connectivity index (χ2v) is 13.2.